The number of amides is 1. The lowest BCUT2D eigenvalue weighted by molar-refractivity contribution is -0.105. The first-order valence-electron chi connectivity index (χ1n) is 2.52. The molecule has 0 atom stereocenters. The number of anilines is 1. The van der Waals surface area contributed by atoms with Crippen molar-refractivity contribution in [2.45, 2.75) is 0 Å². The zero-order chi connectivity index (χ0) is 7.40. The van der Waals surface area contributed by atoms with Crippen LogP contribution in [-0.2, 0) is 4.79 Å². The highest BCUT2D eigenvalue weighted by Gasteiger charge is 2.00. The summed E-state index contributed by atoms with van der Waals surface area (Å²) >= 11 is 0. The first-order chi connectivity index (χ1) is 4.88. The fourth-order valence-corrected chi connectivity index (χ4v) is 0.540. The molecule has 0 spiro atoms. The SMILES string of the molecule is N#Cc1cn[nH]c1NC=O. The summed E-state index contributed by atoms with van der Waals surface area (Å²) in [6.45, 7) is 0. The van der Waals surface area contributed by atoms with Crippen LogP contribution in [0.2, 0.25) is 0 Å². The van der Waals surface area contributed by atoms with Gasteiger partial charge in [0.2, 0.25) is 6.41 Å². The van der Waals surface area contributed by atoms with Crippen molar-refractivity contribution in [2.75, 3.05) is 5.32 Å². The smallest absolute Gasteiger partial charge is 0.212 e. The molecule has 10 heavy (non-hydrogen) atoms. The minimum atomic E-state index is 0.326. The normalized spacial score (nSPS) is 8.30. The lowest BCUT2D eigenvalue weighted by Crippen LogP contribution is -1.95. The average Bonchev–Trinajstić information content (AvgIpc) is 2.36. The maximum Gasteiger partial charge on any atom is 0.212 e. The van der Waals surface area contributed by atoms with E-state index in [4.69, 9.17) is 5.26 Å². The second-order valence-electron chi connectivity index (χ2n) is 1.53. The summed E-state index contributed by atoms with van der Waals surface area (Å²) in [4.78, 5) is 9.87. The van der Waals surface area contributed by atoms with Gasteiger partial charge in [0.1, 0.15) is 17.5 Å². The van der Waals surface area contributed by atoms with Crippen molar-refractivity contribution in [1.29, 1.82) is 5.26 Å². The standard InChI is InChI=1S/C5H4N4O/c6-1-4-2-8-9-5(4)7-3-10/h2-3H,(H2,7,8,9,10). The Morgan fingerprint density at radius 2 is 2.70 bits per heavy atom. The Bertz CT molecular complexity index is 271. The van der Waals surface area contributed by atoms with Gasteiger partial charge < -0.3 is 5.32 Å². The van der Waals surface area contributed by atoms with Crippen LogP contribution in [0.5, 0.6) is 0 Å². The van der Waals surface area contributed by atoms with E-state index in [-0.39, 0.29) is 0 Å². The Labute approximate surface area is 56.7 Å². The maximum absolute atomic E-state index is 9.87. The molecule has 1 aromatic heterocycles. The predicted octanol–water partition coefficient (Wildman–Crippen LogP) is -0.150. The third-order valence-electron chi connectivity index (χ3n) is 0.963. The molecule has 0 aliphatic rings. The Hall–Kier alpha value is -1.83. The van der Waals surface area contributed by atoms with Gasteiger partial charge in [0.15, 0.2) is 0 Å². The highest BCUT2D eigenvalue weighted by atomic mass is 16.1. The fourth-order valence-electron chi connectivity index (χ4n) is 0.540. The van der Waals surface area contributed by atoms with E-state index in [9.17, 15) is 4.79 Å². The molecule has 0 unspecified atom stereocenters. The fraction of sp³-hybridized carbons (Fsp3) is 0. The third kappa shape index (κ3) is 0.951. The molecule has 0 bridgehead atoms. The number of nitrogens with zero attached hydrogens (tertiary/aromatic N) is 2. The summed E-state index contributed by atoms with van der Waals surface area (Å²) in [6.07, 6.45) is 1.82. The molecule has 5 heteroatoms. The molecule has 2 N–H and O–H groups in total. The zero-order valence-corrected chi connectivity index (χ0v) is 4.96. The number of H-pyrrole nitrogens is 1. The summed E-state index contributed by atoms with van der Waals surface area (Å²) in [5.74, 6) is 0.331. The van der Waals surface area contributed by atoms with Crippen LogP contribution >= 0.6 is 0 Å². The van der Waals surface area contributed by atoms with Crippen LogP contribution in [0, 0.1) is 11.3 Å². The van der Waals surface area contributed by atoms with E-state index in [1.165, 1.54) is 6.20 Å². The molecule has 0 fully saturated rings. The number of nitriles is 1. The van der Waals surface area contributed by atoms with E-state index in [0.29, 0.717) is 17.8 Å². The number of carbonyl (C=O) groups is 1. The molecule has 0 aliphatic heterocycles. The molecule has 0 aromatic carbocycles. The van der Waals surface area contributed by atoms with Crippen LogP contribution in [0.15, 0.2) is 6.20 Å². The van der Waals surface area contributed by atoms with Crippen LogP contribution in [0.1, 0.15) is 5.56 Å². The summed E-state index contributed by atoms with van der Waals surface area (Å²) in [6, 6.07) is 1.85. The quantitative estimate of drug-likeness (QED) is 0.554. The number of carbonyl (C=O) groups excluding carboxylic acids is 1. The van der Waals surface area contributed by atoms with Crippen molar-refractivity contribution in [1.82, 2.24) is 10.2 Å². The van der Waals surface area contributed by atoms with E-state index in [2.05, 4.69) is 15.5 Å². The molecule has 0 saturated carbocycles. The lowest BCUT2D eigenvalue weighted by Gasteiger charge is -1.88. The second kappa shape index (κ2) is 2.64. The molecule has 0 aliphatic carbocycles. The van der Waals surface area contributed by atoms with E-state index >= 15 is 0 Å². The molecule has 1 aromatic rings. The molecule has 1 amide bonds. The van der Waals surface area contributed by atoms with Gasteiger partial charge in [-0.3, -0.25) is 9.89 Å². The Balaban J connectivity index is 2.92. The minimum Gasteiger partial charge on any atom is -0.313 e. The minimum absolute atomic E-state index is 0.326. The van der Waals surface area contributed by atoms with Gasteiger partial charge in [-0.05, 0) is 0 Å². The average molecular weight is 136 g/mol. The van der Waals surface area contributed by atoms with Crippen LogP contribution in [0.25, 0.3) is 0 Å². The van der Waals surface area contributed by atoms with Gasteiger partial charge in [-0.1, -0.05) is 0 Å². The predicted molar refractivity (Wildman–Crippen MR) is 33.0 cm³/mol. The van der Waals surface area contributed by atoms with Gasteiger partial charge in [0.25, 0.3) is 0 Å². The van der Waals surface area contributed by atoms with Gasteiger partial charge in [0, 0.05) is 0 Å². The molecule has 50 valence electrons. The van der Waals surface area contributed by atoms with Crippen molar-refractivity contribution in [3.05, 3.63) is 11.8 Å². The molecular weight excluding hydrogens is 132 g/mol. The van der Waals surface area contributed by atoms with Crippen molar-refractivity contribution in [3.8, 4) is 6.07 Å². The number of nitrogens with one attached hydrogen (secondary N) is 2. The first-order valence-corrected chi connectivity index (χ1v) is 2.52. The van der Waals surface area contributed by atoms with Gasteiger partial charge in [-0.15, -0.1) is 0 Å². The van der Waals surface area contributed by atoms with E-state index in [1.54, 1.807) is 0 Å². The largest absolute Gasteiger partial charge is 0.313 e. The number of hydrogen-bond acceptors (Lipinski definition) is 3. The highest BCUT2D eigenvalue weighted by molar-refractivity contribution is 5.72. The van der Waals surface area contributed by atoms with Crippen LogP contribution in [0.3, 0.4) is 0 Å². The Morgan fingerprint density at radius 1 is 1.90 bits per heavy atom. The van der Waals surface area contributed by atoms with Crippen LogP contribution < -0.4 is 5.32 Å². The van der Waals surface area contributed by atoms with Crippen LogP contribution in [-0.4, -0.2) is 16.6 Å². The topological polar surface area (TPSA) is 81.6 Å². The van der Waals surface area contributed by atoms with Crippen molar-refractivity contribution in [3.63, 3.8) is 0 Å². The molecule has 5 nitrogen and oxygen atoms in total. The number of aromatic nitrogens is 2. The van der Waals surface area contributed by atoms with Gasteiger partial charge in [0.05, 0.1) is 6.20 Å². The maximum atomic E-state index is 9.87. The summed E-state index contributed by atoms with van der Waals surface area (Å²) in [5, 5.41) is 16.6. The number of rotatable bonds is 2. The van der Waals surface area contributed by atoms with Gasteiger partial charge in [-0.2, -0.15) is 10.4 Å². The number of aromatic amines is 1. The zero-order valence-electron chi connectivity index (χ0n) is 4.96. The van der Waals surface area contributed by atoms with E-state index < -0.39 is 0 Å². The second-order valence-corrected chi connectivity index (χ2v) is 1.53. The van der Waals surface area contributed by atoms with Gasteiger partial charge >= 0.3 is 0 Å². The van der Waals surface area contributed by atoms with Crippen LogP contribution in [0.4, 0.5) is 5.82 Å². The molecule has 1 rings (SSSR count). The first kappa shape index (κ1) is 6.29. The monoisotopic (exact) mass is 136 g/mol. The molecule has 0 radical (unpaired) electrons. The van der Waals surface area contributed by atoms with Crippen molar-refractivity contribution >= 4 is 12.2 Å². The summed E-state index contributed by atoms with van der Waals surface area (Å²) in [7, 11) is 0. The summed E-state index contributed by atoms with van der Waals surface area (Å²) in [5.41, 5.74) is 0.326. The summed E-state index contributed by atoms with van der Waals surface area (Å²) < 4.78 is 0. The molecular formula is C5H4N4O. The van der Waals surface area contributed by atoms with E-state index in [1.807, 2.05) is 6.07 Å². The Morgan fingerprint density at radius 3 is 3.30 bits per heavy atom. The highest BCUT2D eigenvalue weighted by Crippen LogP contribution is 2.06. The third-order valence-corrected chi connectivity index (χ3v) is 0.963. The molecule has 1 heterocycles. The lowest BCUT2D eigenvalue weighted by atomic mass is 10.4. The molecule has 0 saturated heterocycles. The number of hydrogen-bond donors (Lipinski definition) is 2. The van der Waals surface area contributed by atoms with Gasteiger partial charge in [-0.25, -0.2) is 0 Å². The van der Waals surface area contributed by atoms with E-state index in [0.717, 1.165) is 0 Å². The van der Waals surface area contributed by atoms with Crippen molar-refractivity contribution < 1.29 is 4.79 Å². The van der Waals surface area contributed by atoms with Crippen molar-refractivity contribution in [2.24, 2.45) is 0 Å². The Kier molecular flexibility index (Phi) is 1.66.